The highest BCUT2D eigenvalue weighted by molar-refractivity contribution is 7.14. The molecule has 20 heavy (non-hydrogen) atoms. The lowest BCUT2D eigenvalue weighted by molar-refractivity contribution is 0.104. The van der Waals surface area contributed by atoms with Crippen LogP contribution in [0.15, 0.2) is 30.3 Å². The fourth-order valence-corrected chi connectivity index (χ4v) is 2.87. The third kappa shape index (κ3) is 2.85. The number of rotatable bonds is 3. The zero-order valence-electron chi connectivity index (χ0n) is 12.2. The van der Waals surface area contributed by atoms with Gasteiger partial charge in [-0.05, 0) is 35.7 Å². The molecule has 0 spiro atoms. The van der Waals surface area contributed by atoms with E-state index in [9.17, 15) is 4.79 Å². The summed E-state index contributed by atoms with van der Waals surface area (Å²) in [5.74, 6) is 0.581. The van der Waals surface area contributed by atoms with Crippen molar-refractivity contribution >= 4 is 22.8 Å². The third-order valence-corrected chi connectivity index (χ3v) is 4.58. The van der Waals surface area contributed by atoms with Crippen molar-refractivity contribution in [3.05, 3.63) is 45.6 Å². The van der Waals surface area contributed by atoms with E-state index >= 15 is 0 Å². The molecular formula is C16H19NO2S. The van der Waals surface area contributed by atoms with Crippen molar-refractivity contribution < 1.29 is 9.53 Å². The summed E-state index contributed by atoms with van der Waals surface area (Å²) in [4.78, 5) is 14.4. The summed E-state index contributed by atoms with van der Waals surface area (Å²) in [5.41, 5.74) is 6.91. The Kier molecular flexibility index (Phi) is 3.86. The first-order valence-corrected chi connectivity index (χ1v) is 7.23. The van der Waals surface area contributed by atoms with Gasteiger partial charge in [-0.2, -0.15) is 0 Å². The van der Waals surface area contributed by atoms with E-state index in [1.54, 1.807) is 25.3 Å². The van der Waals surface area contributed by atoms with Crippen molar-refractivity contribution in [2.45, 2.75) is 26.2 Å². The Bertz CT molecular complexity index is 638. The lowest BCUT2D eigenvalue weighted by atomic mass is 9.95. The first-order valence-electron chi connectivity index (χ1n) is 6.41. The molecular weight excluding hydrogens is 270 g/mol. The van der Waals surface area contributed by atoms with E-state index in [4.69, 9.17) is 10.5 Å². The first kappa shape index (κ1) is 14.6. The Morgan fingerprint density at radius 2 is 1.90 bits per heavy atom. The topological polar surface area (TPSA) is 52.3 Å². The number of thiophene rings is 1. The van der Waals surface area contributed by atoms with Crippen LogP contribution >= 0.6 is 11.3 Å². The largest absolute Gasteiger partial charge is 0.497 e. The summed E-state index contributed by atoms with van der Waals surface area (Å²) in [5, 5.41) is 0. The van der Waals surface area contributed by atoms with Gasteiger partial charge in [0.1, 0.15) is 5.75 Å². The Morgan fingerprint density at radius 3 is 2.45 bits per heavy atom. The molecule has 0 aliphatic rings. The summed E-state index contributed by atoms with van der Waals surface area (Å²) in [6, 6.07) is 9.01. The molecule has 1 aromatic heterocycles. The van der Waals surface area contributed by atoms with E-state index in [0.29, 0.717) is 21.9 Å². The van der Waals surface area contributed by atoms with Crippen molar-refractivity contribution in [2.24, 2.45) is 0 Å². The normalized spacial score (nSPS) is 11.4. The van der Waals surface area contributed by atoms with Crippen molar-refractivity contribution in [3.8, 4) is 5.75 Å². The van der Waals surface area contributed by atoms with Crippen LogP contribution in [0.3, 0.4) is 0 Å². The van der Waals surface area contributed by atoms with E-state index in [2.05, 4.69) is 20.8 Å². The highest BCUT2D eigenvalue weighted by Gasteiger charge is 2.20. The standard InChI is InChI=1S/C16H19NO2S/c1-16(2,3)14-8-7-13(20-14)15(18)11-9-10(19-4)5-6-12(11)17/h5-9H,17H2,1-4H3. The van der Waals surface area contributed by atoms with Crippen molar-refractivity contribution in [1.82, 2.24) is 0 Å². The zero-order chi connectivity index (χ0) is 14.9. The molecule has 0 amide bonds. The molecule has 0 bridgehead atoms. The Morgan fingerprint density at radius 1 is 1.20 bits per heavy atom. The van der Waals surface area contributed by atoms with Gasteiger partial charge in [0.25, 0.3) is 0 Å². The van der Waals surface area contributed by atoms with Crippen LogP contribution < -0.4 is 10.5 Å². The Balaban J connectivity index is 2.39. The zero-order valence-corrected chi connectivity index (χ0v) is 13.0. The highest BCUT2D eigenvalue weighted by Crippen LogP contribution is 2.32. The minimum absolute atomic E-state index is 0.0448. The number of anilines is 1. The van der Waals surface area contributed by atoms with Crippen molar-refractivity contribution in [1.29, 1.82) is 0 Å². The SMILES string of the molecule is COc1ccc(N)c(C(=O)c2ccc(C(C)(C)C)s2)c1. The number of nitrogens with two attached hydrogens (primary N) is 1. The second-order valence-electron chi connectivity index (χ2n) is 5.70. The number of hydrogen-bond donors (Lipinski definition) is 1. The predicted octanol–water partition coefficient (Wildman–Crippen LogP) is 3.87. The number of nitrogen functional groups attached to an aromatic ring is 1. The molecule has 0 aliphatic heterocycles. The summed E-state index contributed by atoms with van der Waals surface area (Å²) in [6.07, 6.45) is 0. The molecule has 1 heterocycles. The molecule has 106 valence electrons. The van der Waals surface area contributed by atoms with Gasteiger partial charge in [-0.15, -0.1) is 11.3 Å². The van der Waals surface area contributed by atoms with Crippen molar-refractivity contribution in [3.63, 3.8) is 0 Å². The van der Waals surface area contributed by atoms with Gasteiger partial charge in [-0.25, -0.2) is 0 Å². The maximum absolute atomic E-state index is 12.6. The number of hydrogen-bond acceptors (Lipinski definition) is 4. The van der Waals surface area contributed by atoms with Crippen LogP contribution in [0.1, 0.15) is 40.9 Å². The van der Waals surface area contributed by atoms with E-state index < -0.39 is 0 Å². The third-order valence-electron chi connectivity index (χ3n) is 3.07. The summed E-state index contributed by atoms with van der Waals surface area (Å²) < 4.78 is 5.15. The summed E-state index contributed by atoms with van der Waals surface area (Å²) >= 11 is 1.52. The minimum atomic E-state index is -0.0538. The maximum Gasteiger partial charge on any atom is 0.205 e. The molecule has 0 unspecified atom stereocenters. The van der Waals surface area contributed by atoms with E-state index in [1.165, 1.54) is 16.2 Å². The predicted molar refractivity (Wildman–Crippen MR) is 83.9 cm³/mol. The van der Waals surface area contributed by atoms with Gasteiger partial charge >= 0.3 is 0 Å². The summed E-state index contributed by atoms with van der Waals surface area (Å²) in [6.45, 7) is 6.40. The quantitative estimate of drug-likeness (QED) is 0.689. The molecule has 0 aliphatic carbocycles. The van der Waals surface area contributed by atoms with E-state index in [-0.39, 0.29) is 11.2 Å². The number of methoxy groups -OCH3 is 1. The molecule has 0 fully saturated rings. The lowest BCUT2D eigenvalue weighted by Gasteiger charge is -2.15. The van der Waals surface area contributed by atoms with Crippen LogP contribution in [0.4, 0.5) is 5.69 Å². The second kappa shape index (κ2) is 5.29. The van der Waals surface area contributed by atoms with Crippen LogP contribution in [0.25, 0.3) is 0 Å². The van der Waals surface area contributed by atoms with E-state index in [0.717, 1.165) is 0 Å². The minimum Gasteiger partial charge on any atom is -0.497 e. The number of carbonyl (C=O) groups is 1. The number of carbonyl (C=O) groups excluding carboxylic acids is 1. The number of benzene rings is 1. The molecule has 2 N–H and O–H groups in total. The average molecular weight is 289 g/mol. The molecule has 0 saturated heterocycles. The van der Waals surface area contributed by atoms with Gasteiger partial charge in [-0.1, -0.05) is 20.8 Å². The fraction of sp³-hybridized carbons (Fsp3) is 0.312. The molecule has 4 heteroatoms. The molecule has 2 rings (SSSR count). The van der Waals surface area contributed by atoms with E-state index in [1.807, 2.05) is 12.1 Å². The van der Waals surface area contributed by atoms with Gasteiger partial charge < -0.3 is 10.5 Å². The van der Waals surface area contributed by atoms with Gasteiger partial charge in [-0.3, -0.25) is 4.79 Å². The van der Waals surface area contributed by atoms with Crippen molar-refractivity contribution in [2.75, 3.05) is 12.8 Å². The highest BCUT2D eigenvalue weighted by atomic mass is 32.1. The van der Waals surface area contributed by atoms with Gasteiger partial charge in [0.2, 0.25) is 5.78 Å². The molecule has 0 radical (unpaired) electrons. The Labute approximate surface area is 123 Å². The van der Waals surface area contributed by atoms with Gasteiger partial charge in [0.05, 0.1) is 12.0 Å². The van der Waals surface area contributed by atoms with Gasteiger partial charge in [0, 0.05) is 16.1 Å². The summed E-state index contributed by atoms with van der Waals surface area (Å²) in [7, 11) is 1.57. The Hall–Kier alpha value is -1.81. The smallest absolute Gasteiger partial charge is 0.205 e. The number of ketones is 1. The van der Waals surface area contributed by atoms with Crippen LogP contribution in [0.5, 0.6) is 5.75 Å². The van der Waals surface area contributed by atoms with Crippen LogP contribution in [0, 0.1) is 0 Å². The lowest BCUT2D eigenvalue weighted by Crippen LogP contribution is -2.08. The molecule has 2 aromatic rings. The van der Waals surface area contributed by atoms with Crippen LogP contribution in [-0.2, 0) is 5.41 Å². The monoisotopic (exact) mass is 289 g/mol. The fourth-order valence-electron chi connectivity index (χ4n) is 1.85. The maximum atomic E-state index is 12.6. The average Bonchev–Trinajstić information content (AvgIpc) is 2.88. The molecule has 3 nitrogen and oxygen atoms in total. The molecule has 1 aromatic carbocycles. The number of ether oxygens (including phenoxy) is 1. The molecule has 0 saturated carbocycles. The first-order chi connectivity index (χ1) is 9.32. The molecule has 0 atom stereocenters. The second-order valence-corrected chi connectivity index (χ2v) is 6.78. The van der Waals surface area contributed by atoms with Crippen LogP contribution in [0.2, 0.25) is 0 Å². The van der Waals surface area contributed by atoms with Crippen LogP contribution in [-0.4, -0.2) is 12.9 Å². The van der Waals surface area contributed by atoms with Gasteiger partial charge in [0.15, 0.2) is 0 Å².